The minimum absolute atomic E-state index is 0.0806. The van der Waals surface area contributed by atoms with Crippen molar-refractivity contribution in [3.8, 4) is 0 Å². The zero-order valence-electron chi connectivity index (χ0n) is 17.4. The van der Waals surface area contributed by atoms with Gasteiger partial charge in [0.15, 0.2) is 0 Å². The summed E-state index contributed by atoms with van der Waals surface area (Å²) in [7, 11) is 0. The molecule has 0 radical (unpaired) electrons. The van der Waals surface area contributed by atoms with Crippen LogP contribution in [0.3, 0.4) is 0 Å². The molecule has 1 aromatic rings. The Morgan fingerprint density at radius 3 is 2.69 bits per heavy atom. The molecule has 0 unspecified atom stereocenters. The quantitative estimate of drug-likeness (QED) is 0.643. The lowest BCUT2D eigenvalue weighted by Crippen LogP contribution is -2.51. The molecular formula is C22H33FN2O4. The number of morpholine rings is 1. The molecule has 3 rings (SSSR count). The Balaban J connectivity index is 1.55. The lowest BCUT2D eigenvalue weighted by Gasteiger charge is -2.36. The molecule has 1 aliphatic heterocycles. The number of amides is 1. The number of carbonyl (C=O) groups excluding carboxylic acids is 1. The van der Waals surface area contributed by atoms with Crippen LogP contribution in [-0.2, 0) is 9.47 Å². The van der Waals surface area contributed by atoms with E-state index in [2.05, 4.69) is 4.90 Å². The Kier molecular flexibility index (Phi) is 8.00. The van der Waals surface area contributed by atoms with Gasteiger partial charge in [-0.05, 0) is 56.9 Å². The van der Waals surface area contributed by atoms with Gasteiger partial charge in [0, 0.05) is 38.3 Å². The number of carbonyl (C=O) groups is 1. The van der Waals surface area contributed by atoms with Gasteiger partial charge in [-0.15, -0.1) is 0 Å². The van der Waals surface area contributed by atoms with Crippen molar-refractivity contribution in [2.45, 2.75) is 45.0 Å². The summed E-state index contributed by atoms with van der Waals surface area (Å²) in [5.74, 6) is 0.124. The van der Waals surface area contributed by atoms with Gasteiger partial charge < -0.3 is 19.5 Å². The summed E-state index contributed by atoms with van der Waals surface area (Å²) in [6.07, 6.45) is 1.74. The topological polar surface area (TPSA) is 62.2 Å². The molecule has 1 saturated carbocycles. The molecule has 1 heterocycles. The normalized spacial score (nSPS) is 21.3. The standard InChI is InChI=1S/C22H33FN2O4/c1-16(2)29-15-20(26)12-24-9-10-28-21(13-24)14-25(11-17-3-4-17)22(27)18-5-7-19(23)8-6-18/h5-8,16-17,20-21,26H,3-4,9-15H2,1-2H3/t20-,21+/m0/s1. The molecule has 29 heavy (non-hydrogen) atoms. The maximum atomic E-state index is 13.2. The molecule has 0 bridgehead atoms. The fourth-order valence-electron chi connectivity index (χ4n) is 3.58. The van der Waals surface area contributed by atoms with Crippen LogP contribution >= 0.6 is 0 Å². The number of rotatable bonds is 10. The molecule has 7 heteroatoms. The molecule has 6 nitrogen and oxygen atoms in total. The number of benzene rings is 1. The predicted molar refractivity (Wildman–Crippen MR) is 108 cm³/mol. The Hall–Kier alpha value is -1.54. The SMILES string of the molecule is CC(C)OC[C@@H](O)CN1CCO[C@@H](CN(CC2CC2)C(=O)c2ccc(F)cc2)C1. The van der Waals surface area contributed by atoms with Crippen LogP contribution in [0, 0.1) is 11.7 Å². The van der Waals surface area contributed by atoms with Crippen molar-refractivity contribution in [2.24, 2.45) is 5.92 Å². The third-order valence-electron chi connectivity index (χ3n) is 5.29. The van der Waals surface area contributed by atoms with Gasteiger partial charge in [-0.25, -0.2) is 4.39 Å². The summed E-state index contributed by atoms with van der Waals surface area (Å²) in [6, 6.07) is 5.72. The molecule has 2 atom stereocenters. The van der Waals surface area contributed by atoms with Crippen molar-refractivity contribution >= 4 is 5.91 Å². The first-order chi connectivity index (χ1) is 13.9. The first-order valence-corrected chi connectivity index (χ1v) is 10.6. The molecule has 0 aromatic heterocycles. The van der Waals surface area contributed by atoms with Crippen LogP contribution in [0.2, 0.25) is 0 Å². The Morgan fingerprint density at radius 2 is 2.03 bits per heavy atom. The van der Waals surface area contributed by atoms with Crippen LogP contribution in [-0.4, -0.2) is 85.1 Å². The van der Waals surface area contributed by atoms with Crippen LogP contribution in [0.4, 0.5) is 4.39 Å². The third-order valence-corrected chi connectivity index (χ3v) is 5.29. The predicted octanol–water partition coefficient (Wildman–Crippen LogP) is 2.16. The number of aliphatic hydroxyl groups excluding tert-OH is 1. The number of nitrogens with zero attached hydrogens (tertiary/aromatic N) is 2. The third kappa shape index (κ3) is 7.33. The number of hydrogen-bond acceptors (Lipinski definition) is 5. The number of ether oxygens (including phenoxy) is 2. The second kappa shape index (κ2) is 10.5. The van der Waals surface area contributed by atoms with Crippen LogP contribution in [0.25, 0.3) is 0 Å². The lowest BCUT2D eigenvalue weighted by molar-refractivity contribution is -0.0628. The summed E-state index contributed by atoms with van der Waals surface area (Å²) in [5, 5.41) is 10.2. The highest BCUT2D eigenvalue weighted by molar-refractivity contribution is 5.94. The van der Waals surface area contributed by atoms with Crippen LogP contribution < -0.4 is 0 Å². The summed E-state index contributed by atoms with van der Waals surface area (Å²) < 4.78 is 24.6. The van der Waals surface area contributed by atoms with E-state index in [1.807, 2.05) is 18.7 Å². The van der Waals surface area contributed by atoms with Crippen molar-refractivity contribution in [3.05, 3.63) is 35.6 Å². The molecular weight excluding hydrogens is 375 g/mol. The largest absolute Gasteiger partial charge is 0.389 e. The smallest absolute Gasteiger partial charge is 0.253 e. The minimum atomic E-state index is -0.542. The molecule has 162 valence electrons. The van der Waals surface area contributed by atoms with E-state index in [1.54, 1.807) is 0 Å². The van der Waals surface area contributed by atoms with Gasteiger partial charge in [0.05, 0.1) is 31.5 Å². The highest BCUT2D eigenvalue weighted by atomic mass is 19.1. The second-order valence-corrected chi connectivity index (χ2v) is 8.45. The molecule has 1 amide bonds. The minimum Gasteiger partial charge on any atom is -0.389 e. The first kappa shape index (κ1) is 22.2. The maximum Gasteiger partial charge on any atom is 0.253 e. The number of β-amino-alcohol motifs (C(OH)–C–C–N with tert-alkyl or cyclic N) is 1. The number of halogens is 1. The van der Waals surface area contributed by atoms with E-state index >= 15 is 0 Å². The summed E-state index contributed by atoms with van der Waals surface area (Å²) in [4.78, 5) is 17.0. The molecule has 2 fully saturated rings. The van der Waals surface area contributed by atoms with E-state index in [4.69, 9.17) is 9.47 Å². The van der Waals surface area contributed by atoms with Crippen LogP contribution in [0.1, 0.15) is 37.0 Å². The van der Waals surface area contributed by atoms with E-state index in [9.17, 15) is 14.3 Å². The van der Waals surface area contributed by atoms with Crippen LogP contribution in [0.5, 0.6) is 0 Å². The van der Waals surface area contributed by atoms with Gasteiger partial charge >= 0.3 is 0 Å². The molecule has 1 aliphatic carbocycles. The van der Waals surface area contributed by atoms with Gasteiger partial charge in [0.2, 0.25) is 0 Å². The number of aliphatic hydroxyl groups is 1. The van der Waals surface area contributed by atoms with Crippen molar-refractivity contribution in [1.29, 1.82) is 0 Å². The van der Waals surface area contributed by atoms with Gasteiger partial charge in [0.1, 0.15) is 5.82 Å². The van der Waals surface area contributed by atoms with Gasteiger partial charge in [0.25, 0.3) is 5.91 Å². The van der Waals surface area contributed by atoms with E-state index < -0.39 is 6.10 Å². The van der Waals surface area contributed by atoms with Crippen molar-refractivity contribution < 1.29 is 23.8 Å². The molecule has 1 N–H and O–H groups in total. The zero-order chi connectivity index (χ0) is 20.8. The maximum absolute atomic E-state index is 13.2. The van der Waals surface area contributed by atoms with Gasteiger partial charge in [-0.2, -0.15) is 0 Å². The Labute approximate surface area is 172 Å². The van der Waals surface area contributed by atoms with E-state index in [0.717, 1.165) is 19.4 Å². The molecule has 1 aromatic carbocycles. The summed E-state index contributed by atoms with van der Waals surface area (Å²) in [5.41, 5.74) is 0.501. The monoisotopic (exact) mass is 408 g/mol. The first-order valence-electron chi connectivity index (χ1n) is 10.6. The highest BCUT2D eigenvalue weighted by Crippen LogP contribution is 2.30. The zero-order valence-corrected chi connectivity index (χ0v) is 17.4. The summed E-state index contributed by atoms with van der Waals surface area (Å²) >= 11 is 0. The second-order valence-electron chi connectivity index (χ2n) is 8.45. The average molecular weight is 409 g/mol. The van der Waals surface area contributed by atoms with E-state index in [-0.39, 0.29) is 23.9 Å². The van der Waals surface area contributed by atoms with E-state index in [0.29, 0.717) is 50.9 Å². The molecule has 2 aliphatic rings. The molecule has 0 spiro atoms. The summed E-state index contributed by atoms with van der Waals surface area (Å²) in [6.45, 7) is 7.94. The van der Waals surface area contributed by atoms with Crippen molar-refractivity contribution in [2.75, 3.05) is 45.9 Å². The highest BCUT2D eigenvalue weighted by Gasteiger charge is 2.31. The fourth-order valence-corrected chi connectivity index (χ4v) is 3.58. The van der Waals surface area contributed by atoms with Crippen molar-refractivity contribution in [1.82, 2.24) is 9.80 Å². The lowest BCUT2D eigenvalue weighted by atomic mass is 10.1. The number of hydrogen-bond donors (Lipinski definition) is 1. The molecule has 1 saturated heterocycles. The van der Waals surface area contributed by atoms with Gasteiger partial charge in [-0.3, -0.25) is 9.69 Å². The van der Waals surface area contributed by atoms with E-state index in [1.165, 1.54) is 24.3 Å². The fraction of sp³-hybridized carbons (Fsp3) is 0.682. The Bertz CT molecular complexity index is 651. The van der Waals surface area contributed by atoms with Crippen LogP contribution in [0.15, 0.2) is 24.3 Å². The van der Waals surface area contributed by atoms with Crippen molar-refractivity contribution in [3.63, 3.8) is 0 Å². The van der Waals surface area contributed by atoms with Gasteiger partial charge in [-0.1, -0.05) is 0 Å². The average Bonchev–Trinajstić information content (AvgIpc) is 3.50. The Morgan fingerprint density at radius 1 is 1.31 bits per heavy atom.